The molecular formula is C14H7F2O6STl. The Balaban J connectivity index is 2.25. The van der Waals surface area contributed by atoms with Gasteiger partial charge in [0.2, 0.25) is 0 Å². The van der Waals surface area contributed by atoms with Gasteiger partial charge in [-0.15, -0.1) is 0 Å². The molecule has 0 spiro atoms. The van der Waals surface area contributed by atoms with Crippen LogP contribution in [0.2, 0.25) is 0 Å². The molecule has 0 aliphatic rings. The predicted octanol–water partition coefficient (Wildman–Crippen LogP) is 2.08. The van der Waals surface area contributed by atoms with E-state index in [1.165, 1.54) is 12.1 Å². The van der Waals surface area contributed by atoms with E-state index in [9.17, 15) is 27.1 Å². The Bertz CT molecular complexity index is 1120. The molecule has 3 aromatic rings. The zero-order chi connectivity index (χ0) is 17.7. The van der Waals surface area contributed by atoms with Crippen LogP contribution in [0.4, 0.5) is 8.78 Å². The molecular weight excluding hydrogens is 539 g/mol. The summed E-state index contributed by atoms with van der Waals surface area (Å²) in [5.74, 6) is -1.20. The van der Waals surface area contributed by atoms with Gasteiger partial charge in [-0.1, -0.05) is 0 Å². The summed E-state index contributed by atoms with van der Waals surface area (Å²) in [7, 11) is -5.18. The summed E-state index contributed by atoms with van der Waals surface area (Å²) in [5, 5.41) is 10.0. The molecule has 0 bridgehead atoms. The van der Waals surface area contributed by atoms with Gasteiger partial charge < -0.3 is 0 Å². The van der Waals surface area contributed by atoms with Crippen molar-refractivity contribution in [3.63, 3.8) is 0 Å². The molecule has 1 N–H and O–H groups in total. The molecule has 1 aromatic heterocycles. The summed E-state index contributed by atoms with van der Waals surface area (Å²) in [6.45, 7) is 0. The van der Waals surface area contributed by atoms with Gasteiger partial charge in [0.15, 0.2) is 0 Å². The quantitative estimate of drug-likeness (QED) is 0.308. The van der Waals surface area contributed by atoms with Gasteiger partial charge >= 0.3 is 150 Å². The number of rotatable bonds is 3. The zero-order valence-electron chi connectivity index (χ0n) is 11.7. The molecule has 0 aliphatic carbocycles. The maximum absolute atomic E-state index is 13.1. The van der Waals surface area contributed by atoms with E-state index < -0.39 is 55.6 Å². The predicted molar refractivity (Wildman–Crippen MR) is 81.9 cm³/mol. The maximum atomic E-state index is 13.1. The number of hydrogen-bond donors (Lipinski definition) is 1. The summed E-state index contributed by atoms with van der Waals surface area (Å²) in [4.78, 5) is 12.4. The Morgan fingerprint density at radius 1 is 1.17 bits per heavy atom. The second kappa shape index (κ2) is 5.65. The van der Waals surface area contributed by atoms with Crippen molar-refractivity contribution in [1.29, 1.82) is 0 Å². The number of alkyl halides is 2. The van der Waals surface area contributed by atoms with Gasteiger partial charge in [-0.2, -0.15) is 0 Å². The van der Waals surface area contributed by atoms with Crippen molar-refractivity contribution in [2.45, 2.75) is 2.81 Å². The third kappa shape index (κ3) is 2.85. The van der Waals surface area contributed by atoms with Gasteiger partial charge in [0, 0.05) is 0 Å². The van der Waals surface area contributed by atoms with Crippen LogP contribution in [0.3, 0.4) is 0 Å². The summed E-state index contributed by atoms with van der Waals surface area (Å²) in [5.41, 5.74) is -0.513. The van der Waals surface area contributed by atoms with Gasteiger partial charge in [-0.3, -0.25) is 0 Å². The van der Waals surface area contributed by atoms with E-state index in [1.807, 2.05) is 0 Å². The standard InChI is InChI=1S/C14H7F2O6S.Tl/c15-14(16)23(19,20)22-7-5-9(17)12-11(6-7)21-10-4-2-1-3-8(10)13(12)18;/h1-6,17H;. The Labute approximate surface area is 149 Å². The van der Waals surface area contributed by atoms with E-state index in [4.69, 9.17) is 4.42 Å². The van der Waals surface area contributed by atoms with Gasteiger partial charge in [0.25, 0.3) is 0 Å². The van der Waals surface area contributed by atoms with Crippen LogP contribution < -0.4 is 9.61 Å². The first-order chi connectivity index (χ1) is 11.1. The topological polar surface area (TPSA) is 93.8 Å². The minimum atomic E-state index is -5.18. The number of phenolic OH excluding ortho intramolecular Hbond substituents is 1. The van der Waals surface area contributed by atoms with E-state index in [1.54, 1.807) is 12.1 Å². The molecule has 6 nitrogen and oxygen atoms in total. The van der Waals surface area contributed by atoms with Crippen LogP contribution in [0.25, 0.3) is 21.9 Å². The Kier molecular flexibility index (Phi) is 4.02. The van der Waals surface area contributed by atoms with Gasteiger partial charge in [0.1, 0.15) is 0 Å². The summed E-state index contributed by atoms with van der Waals surface area (Å²) in [6, 6.07) is 7.98. The molecule has 0 saturated heterocycles. The molecule has 2 aromatic carbocycles. The van der Waals surface area contributed by atoms with Crippen molar-refractivity contribution in [2.75, 3.05) is 0 Å². The molecule has 0 unspecified atom stereocenters. The van der Waals surface area contributed by atoms with Crippen LogP contribution in [0.15, 0.2) is 45.6 Å². The van der Waals surface area contributed by atoms with Crippen LogP contribution in [0.1, 0.15) is 0 Å². The van der Waals surface area contributed by atoms with Crippen molar-refractivity contribution in [2.24, 2.45) is 0 Å². The number of para-hydroxylation sites is 1. The molecule has 3 rings (SSSR count). The van der Waals surface area contributed by atoms with Crippen LogP contribution in [0.5, 0.6) is 11.5 Å². The van der Waals surface area contributed by atoms with Crippen molar-refractivity contribution in [1.82, 2.24) is 0 Å². The second-order valence-electron chi connectivity index (χ2n) is 4.84. The fraction of sp³-hybridized carbons (Fsp3) is 0.0714. The number of hydrogen-bond acceptors (Lipinski definition) is 6. The molecule has 0 saturated carbocycles. The first-order valence-corrected chi connectivity index (χ1v) is 10.0. The molecule has 24 heavy (non-hydrogen) atoms. The number of aromatic hydroxyl groups is 1. The van der Waals surface area contributed by atoms with Crippen molar-refractivity contribution in [3.05, 3.63) is 46.6 Å². The fourth-order valence-electron chi connectivity index (χ4n) is 2.11. The Hall–Kier alpha value is -1.76. The number of halogens is 2. The van der Waals surface area contributed by atoms with Crippen LogP contribution in [-0.2, 0) is 10.1 Å². The van der Waals surface area contributed by atoms with E-state index in [0.29, 0.717) is 0 Å². The van der Waals surface area contributed by atoms with Crippen LogP contribution >= 0.6 is 0 Å². The zero-order valence-corrected chi connectivity index (χ0v) is 17.0. The van der Waals surface area contributed by atoms with Crippen LogP contribution in [0, 0.1) is 0 Å². The third-order valence-corrected chi connectivity index (χ3v) is 7.62. The monoisotopic (exact) mass is 546 g/mol. The second-order valence-corrected chi connectivity index (χ2v) is 10.9. The summed E-state index contributed by atoms with van der Waals surface area (Å²) >= 11 is -1.19. The fourth-order valence-corrected chi connectivity index (χ4v) is 3.13. The molecule has 10 heteroatoms. The van der Waals surface area contributed by atoms with Crippen molar-refractivity contribution in [3.8, 4) is 11.5 Å². The van der Waals surface area contributed by atoms with Crippen molar-refractivity contribution >= 4 is 57.8 Å². The minimum absolute atomic E-state index is 0.178. The molecule has 0 amide bonds. The van der Waals surface area contributed by atoms with Crippen molar-refractivity contribution < 1.29 is 30.9 Å². The molecule has 0 fully saturated rings. The van der Waals surface area contributed by atoms with E-state index >= 15 is 0 Å². The first kappa shape index (κ1) is 17.1. The summed E-state index contributed by atoms with van der Waals surface area (Å²) < 4.78 is 54.9. The average molecular weight is 546 g/mol. The van der Waals surface area contributed by atoms with E-state index in [-0.39, 0.29) is 21.9 Å². The van der Waals surface area contributed by atoms with E-state index in [0.717, 1.165) is 12.1 Å². The number of phenols is 1. The SMILES string of the molecule is O=c1c2ccccc2oc2cc(OS(=O)(=O)[C](F)(F)[Tl])cc(O)c12. The van der Waals surface area contributed by atoms with Crippen LogP contribution in [-0.4, -0.2) is 42.1 Å². The Morgan fingerprint density at radius 3 is 2.50 bits per heavy atom. The number of fused-ring (bicyclic) bond motifs is 2. The van der Waals surface area contributed by atoms with E-state index in [2.05, 4.69) is 4.18 Å². The third-order valence-electron chi connectivity index (χ3n) is 3.17. The molecule has 0 radical (unpaired) electrons. The summed E-state index contributed by atoms with van der Waals surface area (Å²) in [6.07, 6.45) is 0. The molecule has 122 valence electrons. The molecule has 0 aliphatic heterocycles. The average Bonchev–Trinajstić information content (AvgIpc) is 2.45. The molecule has 0 atom stereocenters. The Morgan fingerprint density at radius 2 is 1.83 bits per heavy atom. The molecule has 1 heterocycles. The number of benzene rings is 2. The van der Waals surface area contributed by atoms with Gasteiger partial charge in [0.05, 0.1) is 0 Å². The van der Waals surface area contributed by atoms with Gasteiger partial charge in [-0.05, 0) is 0 Å². The normalized spacial score (nSPS) is 12.5. The first-order valence-electron chi connectivity index (χ1n) is 6.39. The van der Waals surface area contributed by atoms with Gasteiger partial charge in [-0.25, -0.2) is 0 Å².